The van der Waals surface area contributed by atoms with Crippen LogP contribution in [0.4, 0.5) is 17.1 Å². The van der Waals surface area contributed by atoms with E-state index in [0.29, 0.717) is 0 Å². The van der Waals surface area contributed by atoms with Gasteiger partial charge in [-0.15, -0.1) is 0 Å². The van der Waals surface area contributed by atoms with Gasteiger partial charge in [-0.1, -0.05) is 181 Å². The number of benzene rings is 8. The summed E-state index contributed by atoms with van der Waals surface area (Å²) in [5.41, 5.74) is 24.4. The second-order valence-corrected chi connectivity index (χ2v) is 18.9. The molecule has 0 N–H and O–H groups in total. The molecule has 1 heteroatoms. The second-order valence-electron chi connectivity index (χ2n) is 18.9. The van der Waals surface area contributed by atoms with Crippen molar-refractivity contribution in [1.29, 1.82) is 0 Å². The van der Waals surface area contributed by atoms with Crippen LogP contribution in [0.5, 0.6) is 0 Å². The van der Waals surface area contributed by atoms with Crippen molar-refractivity contribution in [2.45, 2.75) is 63.2 Å². The Morgan fingerprint density at radius 3 is 1.03 bits per heavy atom. The SMILES string of the molecule is CC1(C)c2ccccc2-c2ccc(N(c3ccc4c(c3)C(C)(C)c3ccccc3-4)c3ccc4c(c3)C(C)(C)c3ccccc3C43c4ccccc4-c4ccccc43)cc21. The normalized spacial score (nSPS) is 16.8. The van der Waals surface area contributed by atoms with Gasteiger partial charge in [0.25, 0.3) is 0 Å². The number of rotatable bonds is 3. The first-order chi connectivity index (χ1) is 28.5. The second kappa shape index (κ2) is 11.6. The maximum atomic E-state index is 2.54. The maximum Gasteiger partial charge on any atom is 0.0719 e. The molecule has 0 amide bonds. The van der Waals surface area contributed by atoms with Gasteiger partial charge in [-0.2, -0.15) is 0 Å². The first-order valence-electron chi connectivity index (χ1n) is 21.3. The van der Waals surface area contributed by atoms with Crippen LogP contribution in [-0.2, 0) is 21.7 Å². The van der Waals surface area contributed by atoms with Crippen LogP contribution in [0.15, 0.2) is 176 Å². The molecule has 284 valence electrons. The average Bonchev–Trinajstić information content (AvgIpc) is 3.78. The van der Waals surface area contributed by atoms with Crippen molar-refractivity contribution in [1.82, 2.24) is 0 Å². The zero-order valence-corrected chi connectivity index (χ0v) is 34.7. The minimum absolute atomic E-state index is 0.119. The van der Waals surface area contributed by atoms with E-state index < -0.39 is 5.41 Å². The third-order valence-electron chi connectivity index (χ3n) is 14.9. The van der Waals surface area contributed by atoms with E-state index in [-0.39, 0.29) is 16.2 Å². The maximum absolute atomic E-state index is 2.54. The third kappa shape index (κ3) is 4.30. The Balaban J connectivity index is 1.12. The van der Waals surface area contributed by atoms with Crippen LogP contribution < -0.4 is 4.90 Å². The van der Waals surface area contributed by atoms with Crippen LogP contribution in [0.2, 0.25) is 0 Å². The number of fused-ring (bicyclic) bond motifs is 15. The molecular formula is C58H47N. The van der Waals surface area contributed by atoms with Crippen LogP contribution in [0.3, 0.4) is 0 Å². The van der Waals surface area contributed by atoms with Gasteiger partial charge in [0, 0.05) is 33.3 Å². The van der Waals surface area contributed by atoms with E-state index in [2.05, 4.69) is 222 Å². The Morgan fingerprint density at radius 2 is 0.559 bits per heavy atom. The standard InChI is InChI=1S/C58H47N/c1-55(2)45-21-11-7-17-39(45)43-30-27-36(33-52(43)55)59(37-28-31-44-40-18-8-12-22-46(40)56(3,4)53(44)34-37)38-29-32-51-54(35-38)57(5,6)49-25-15-16-26-50(49)58(51)47-23-13-9-19-41(47)42-20-10-14-24-48(42)58/h7-35H,1-6H3. The molecule has 4 aliphatic rings. The molecule has 8 aromatic rings. The lowest BCUT2D eigenvalue weighted by molar-refractivity contribution is 0.563. The van der Waals surface area contributed by atoms with E-state index in [9.17, 15) is 0 Å². The predicted molar refractivity (Wildman–Crippen MR) is 246 cm³/mol. The fourth-order valence-electron chi connectivity index (χ4n) is 12.1. The van der Waals surface area contributed by atoms with Gasteiger partial charge >= 0.3 is 0 Å². The molecule has 0 radical (unpaired) electrons. The third-order valence-corrected chi connectivity index (χ3v) is 14.9. The van der Waals surface area contributed by atoms with Gasteiger partial charge < -0.3 is 4.90 Å². The average molecular weight is 758 g/mol. The monoisotopic (exact) mass is 757 g/mol. The Hall–Kier alpha value is -6.44. The molecule has 59 heavy (non-hydrogen) atoms. The summed E-state index contributed by atoms with van der Waals surface area (Å²) < 4.78 is 0. The van der Waals surface area contributed by atoms with Crippen molar-refractivity contribution in [3.8, 4) is 33.4 Å². The molecule has 0 fully saturated rings. The Bertz CT molecular complexity index is 2950. The summed E-state index contributed by atoms with van der Waals surface area (Å²) in [4.78, 5) is 2.54. The highest BCUT2D eigenvalue weighted by atomic mass is 15.1. The molecule has 0 saturated heterocycles. The lowest BCUT2D eigenvalue weighted by atomic mass is 9.55. The summed E-state index contributed by atoms with van der Waals surface area (Å²) in [7, 11) is 0. The van der Waals surface area contributed by atoms with E-state index in [0.717, 1.165) is 0 Å². The van der Waals surface area contributed by atoms with Gasteiger partial charge in [-0.3, -0.25) is 0 Å². The van der Waals surface area contributed by atoms with Crippen LogP contribution in [0.25, 0.3) is 33.4 Å². The number of anilines is 3. The molecule has 4 aliphatic carbocycles. The van der Waals surface area contributed by atoms with Gasteiger partial charge in [0.05, 0.1) is 5.41 Å². The molecule has 0 aliphatic heterocycles. The van der Waals surface area contributed by atoms with Crippen molar-refractivity contribution < 1.29 is 0 Å². The highest BCUT2D eigenvalue weighted by Crippen LogP contribution is 2.63. The zero-order chi connectivity index (χ0) is 40.1. The summed E-state index contributed by atoms with van der Waals surface area (Å²) >= 11 is 0. The summed E-state index contributed by atoms with van der Waals surface area (Å²) in [5, 5.41) is 0. The highest BCUT2D eigenvalue weighted by Gasteiger charge is 2.53. The Kier molecular flexibility index (Phi) is 6.80. The first-order valence-corrected chi connectivity index (χ1v) is 21.3. The molecular weight excluding hydrogens is 711 g/mol. The molecule has 0 saturated carbocycles. The van der Waals surface area contributed by atoms with E-state index >= 15 is 0 Å². The van der Waals surface area contributed by atoms with Gasteiger partial charge in [-0.25, -0.2) is 0 Å². The fourth-order valence-corrected chi connectivity index (χ4v) is 12.1. The largest absolute Gasteiger partial charge is 0.310 e. The summed E-state index contributed by atoms with van der Waals surface area (Å²) in [5.74, 6) is 0. The molecule has 8 aromatic carbocycles. The number of hydrogen-bond acceptors (Lipinski definition) is 1. The molecule has 0 bridgehead atoms. The van der Waals surface area contributed by atoms with Crippen LogP contribution in [-0.4, -0.2) is 0 Å². The van der Waals surface area contributed by atoms with E-state index in [4.69, 9.17) is 0 Å². The molecule has 0 heterocycles. The highest BCUT2D eigenvalue weighted by molar-refractivity contribution is 5.91. The quantitative estimate of drug-likeness (QED) is 0.173. The number of nitrogens with zero attached hydrogens (tertiary/aromatic N) is 1. The summed E-state index contributed by atoms with van der Waals surface area (Å²) in [6, 6.07) is 67.3. The van der Waals surface area contributed by atoms with Crippen molar-refractivity contribution >= 4 is 17.1 Å². The molecule has 1 spiro atoms. The lowest BCUT2D eigenvalue weighted by Gasteiger charge is -2.47. The van der Waals surface area contributed by atoms with E-state index in [1.54, 1.807) is 0 Å². The van der Waals surface area contributed by atoms with Crippen LogP contribution >= 0.6 is 0 Å². The van der Waals surface area contributed by atoms with Gasteiger partial charge in [0.1, 0.15) is 0 Å². The van der Waals surface area contributed by atoms with Gasteiger partial charge in [0.2, 0.25) is 0 Å². The van der Waals surface area contributed by atoms with Crippen molar-refractivity contribution in [3.05, 3.63) is 232 Å². The topological polar surface area (TPSA) is 3.24 Å². The Morgan fingerprint density at radius 1 is 0.254 bits per heavy atom. The zero-order valence-electron chi connectivity index (χ0n) is 34.7. The fraction of sp³-hybridized carbons (Fsp3) is 0.172. The summed E-state index contributed by atoms with van der Waals surface area (Å²) in [6.07, 6.45) is 0. The lowest BCUT2D eigenvalue weighted by Crippen LogP contribution is -2.40. The summed E-state index contributed by atoms with van der Waals surface area (Å²) in [6.45, 7) is 14.4. The Labute approximate surface area is 348 Å². The van der Waals surface area contributed by atoms with Crippen molar-refractivity contribution in [2.75, 3.05) is 4.90 Å². The minimum atomic E-state index is -0.426. The van der Waals surface area contributed by atoms with E-state index in [1.807, 2.05) is 0 Å². The van der Waals surface area contributed by atoms with E-state index in [1.165, 1.54) is 106 Å². The predicted octanol–water partition coefficient (Wildman–Crippen LogP) is 14.8. The van der Waals surface area contributed by atoms with Crippen LogP contribution in [0, 0.1) is 0 Å². The van der Waals surface area contributed by atoms with Crippen molar-refractivity contribution in [2.24, 2.45) is 0 Å². The molecule has 0 atom stereocenters. The van der Waals surface area contributed by atoms with Gasteiger partial charge in [0.15, 0.2) is 0 Å². The molecule has 1 nitrogen and oxygen atoms in total. The smallest absolute Gasteiger partial charge is 0.0719 e. The van der Waals surface area contributed by atoms with Crippen molar-refractivity contribution in [3.63, 3.8) is 0 Å². The van der Waals surface area contributed by atoms with Gasteiger partial charge in [-0.05, 0) is 125 Å². The molecule has 0 unspecified atom stereocenters. The molecule has 12 rings (SSSR count). The van der Waals surface area contributed by atoms with Crippen LogP contribution in [0.1, 0.15) is 97.2 Å². The minimum Gasteiger partial charge on any atom is -0.310 e. The first kappa shape index (κ1) is 34.6. The molecule has 0 aromatic heterocycles. The number of hydrogen-bond donors (Lipinski definition) is 0.